The smallest absolute Gasteiger partial charge is 0.337 e. The molecular formula is C25H22F2N4O3S. The minimum atomic E-state index is -2.75. The number of hydrogen-bond donors (Lipinski definition) is 1. The van der Waals surface area contributed by atoms with Crippen LogP contribution >= 0.6 is 11.8 Å². The lowest BCUT2D eigenvalue weighted by Gasteiger charge is -2.41. The zero-order valence-corrected chi connectivity index (χ0v) is 19.9. The van der Waals surface area contributed by atoms with Gasteiger partial charge in [-0.15, -0.1) is 11.8 Å². The van der Waals surface area contributed by atoms with Gasteiger partial charge >= 0.3 is 12.1 Å². The molecule has 0 fully saturated rings. The van der Waals surface area contributed by atoms with Crippen LogP contribution in [0.1, 0.15) is 48.9 Å². The van der Waals surface area contributed by atoms with E-state index < -0.39 is 24.5 Å². The maximum absolute atomic E-state index is 13.8. The van der Waals surface area contributed by atoms with E-state index in [1.165, 1.54) is 48.0 Å². The summed E-state index contributed by atoms with van der Waals surface area (Å²) in [7, 11) is 1.37. The van der Waals surface area contributed by atoms with E-state index in [9.17, 15) is 28.4 Å². The van der Waals surface area contributed by atoms with Gasteiger partial charge in [-0.2, -0.15) is 5.26 Å². The number of carbonyl (C=O) groups excluding carboxylic acids is 3. The third-order valence-electron chi connectivity index (χ3n) is 5.95. The van der Waals surface area contributed by atoms with Crippen LogP contribution < -0.4 is 10.2 Å². The summed E-state index contributed by atoms with van der Waals surface area (Å²) < 4.78 is 26.8. The number of anilines is 1. The van der Waals surface area contributed by atoms with Gasteiger partial charge in [0.05, 0.1) is 23.4 Å². The van der Waals surface area contributed by atoms with Crippen LogP contribution in [0.2, 0.25) is 0 Å². The minimum absolute atomic E-state index is 0.133. The first kappa shape index (κ1) is 24.4. The molecule has 1 aliphatic heterocycles. The maximum Gasteiger partial charge on any atom is 0.337 e. The summed E-state index contributed by atoms with van der Waals surface area (Å²) in [6, 6.07) is 9.87. The average Bonchev–Trinajstić information content (AvgIpc) is 3.23. The van der Waals surface area contributed by atoms with Crippen molar-refractivity contribution in [1.29, 1.82) is 5.26 Å². The van der Waals surface area contributed by atoms with E-state index in [1.54, 1.807) is 18.2 Å². The number of thioether (sulfide) groups is 1. The van der Waals surface area contributed by atoms with Gasteiger partial charge in [0.1, 0.15) is 0 Å². The Morgan fingerprint density at radius 2 is 2.00 bits per heavy atom. The SMILES string of the molecule is CCSc1cc(C#N)ccc1C1C2=C(CCC2=O)N(c2cccc(C(F)F)c2)C(=O)N1C(=O)NC. The first-order chi connectivity index (χ1) is 16.8. The van der Waals surface area contributed by atoms with Crippen LogP contribution in [0.25, 0.3) is 0 Å². The molecule has 1 aliphatic carbocycles. The van der Waals surface area contributed by atoms with Gasteiger partial charge in [-0.25, -0.2) is 23.3 Å². The van der Waals surface area contributed by atoms with E-state index in [0.717, 1.165) is 4.90 Å². The second-order valence-electron chi connectivity index (χ2n) is 7.92. The number of allylic oxidation sites excluding steroid dienone is 1. The monoisotopic (exact) mass is 496 g/mol. The Bertz CT molecular complexity index is 1290. The number of urea groups is 2. The molecule has 0 aromatic heterocycles. The summed E-state index contributed by atoms with van der Waals surface area (Å²) in [5.74, 6) is 0.438. The van der Waals surface area contributed by atoms with E-state index in [1.807, 2.05) is 6.92 Å². The molecule has 10 heteroatoms. The van der Waals surface area contributed by atoms with E-state index in [4.69, 9.17) is 0 Å². The van der Waals surface area contributed by atoms with Crippen molar-refractivity contribution in [3.05, 3.63) is 70.4 Å². The van der Waals surface area contributed by atoms with Gasteiger partial charge in [-0.05, 0) is 42.0 Å². The van der Waals surface area contributed by atoms with Gasteiger partial charge in [0, 0.05) is 35.2 Å². The molecule has 7 nitrogen and oxygen atoms in total. The lowest BCUT2D eigenvalue weighted by molar-refractivity contribution is -0.115. The summed E-state index contributed by atoms with van der Waals surface area (Å²) in [6.45, 7) is 1.93. The molecule has 0 radical (unpaired) electrons. The number of amides is 4. The molecule has 0 saturated heterocycles. The number of nitrogens with one attached hydrogen (secondary N) is 1. The van der Waals surface area contributed by atoms with E-state index in [0.29, 0.717) is 27.5 Å². The molecule has 0 saturated carbocycles. The van der Waals surface area contributed by atoms with Gasteiger partial charge in [0.25, 0.3) is 6.43 Å². The lowest BCUT2D eigenvalue weighted by Crippen LogP contribution is -2.54. The number of ketones is 1. The molecule has 1 N–H and O–H groups in total. The lowest BCUT2D eigenvalue weighted by atomic mass is 9.92. The number of carbonyl (C=O) groups is 3. The van der Waals surface area contributed by atoms with Gasteiger partial charge in [-0.3, -0.25) is 9.69 Å². The topological polar surface area (TPSA) is 93.5 Å². The first-order valence-corrected chi connectivity index (χ1v) is 12.0. The van der Waals surface area contributed by atoms with Gasteiger partial charge in [0.15, 0.2) is 5.78 Å². The second kappa shape index (κ2) is 9.88. The van der Waals surface area contributed by atoms with Gasteiger partial charge < -0.3 is 5.32 Å². The highest BCUT2D eigenvalue weighted by Crippen LogP contribution is 2.47. The van der Waals surface area contributed by atoms with Crippen LogP contribution in [0, 0.1) is 11.3 Å². The zero-order valence-electron chi connectivity index (χ0n) is 19.0. The summed E-state index contributed by atoms with van der Waals surface area (Å²) in [5, 5.41) is 11.8. The Balaban J connectivity index is 1.97. The molecule has 2 aromatic rings. The minimum Gasteiger partial charge on any atom is -0.341 e. The Kier molecular flexibility index (Phi) is 6.89. The largest absolute Gasteiger partial charge is 0.341 e. The Labute approximate surface area is 205 Å². The molecule has 4 amide bonds. The molecule has 1 atom stereocenters. The molecule has 0 bridgehead atoms. The van der Waals surface area contributed by atoms with Gasteiger partial charge in [-0.1, -0.05) is 25.1 Å². The van der Waals surface area contributed by atoms with Crippen molar-refractivity contribution < 1.29 is 23.2 Å². The molecule has 1 heterocycles. The van der Waals surface area contributed by atoms with E-state index >= 15 is 0 Å². The van der Waals surface area contributed by atoms with Crippen molar-refractivity contribution in [3.63, 3.8) is 0 Å². The fraction of sp³-hybridized carbons (Fsp3) is 0.280. The molecule has 2 aliphatic rings. The highest BCUT2D eigenvalue weighted by Gasteiger charge is 2.48. The first-order valence-electron chi connectivity index (χ1n) is 11.0. The number of nitrogens with zero attached hydrogens (tertiary/aromatic N) is 3. The Hall–Kier alpha value is -3.71. The number of rotatable bonds is 5. The summed E-state index contributed by atoms with van der Waals surface area (Å²) >= 11 is 1.43. The molecule has 2 aromatic carbocycles. The maximum atomic E-state index is 13.8. The highest BCUT2D eigenvalue weighted by atomic mass is 32.2. The molecular weight excluding hydrogens is 474 g/mol. The molecule has 4 rings (SSSR count). The van der Waals surface area contributed by atoms with Crippen molar-refractivity contribution in [2.75, 3.05) is 17.7 Å². The van der Waals surface area contributed by atoms with Crippen molar-refractivity contribution in [3.8, 4) is 6.07 Å². The predicted octanol–water partition coefficient (Wildman–Crippen LogP) is 5.55. The summed E-state index contributed by atoms with van der Waals surface area (Å²) in [6.07, 6.45) is -2.37. The second-order valence-corrected chi connectivity index (χ2v) is 9.23. The Morgan fingerprint density at radius 3 is 2.66 bits per heavy atom. The van der Waals surface area contributed by atoms with Crippen molar-refractivity contribution in [1.82, 2.24) is 10.2 Å². The number of hydrogen-bond acceptors (Lipinski definition) is 5. The zero-order chi connectivity index (χ0) is 25.3. The van der Waals surface area contributed by atoms with E-state index in [-0.39, 0.29) is 35.4 Å². The third kappa shape index (κ3) is 4.28. The standard InChI is InChI=1S/C25H22F2N4O3S/c1-3-35-20-11-14(13-28)7-8-17(20)22-21-18(9-10-19(21)32)30(25(34)31(22)24(33)29-2)16-6-4-5-15(12-16)23(26)27/h4-8,11-12,22-23H,3,9-10H2,1-2H3,(H,29,33). The van der Waals surface area contributed by atoms with E-state index in [2.05, 4.69) is 11.4 Å². The number of halogens is 2. The van der Waals surface area contributed by atoms with Crippen LogP contribution in [-0.4, -0.2) is 35.5 Å². The summed E-state index contributed by atoms with van der Waals surface area (Å²) in [5.41, 5.74) is 1.52. The molecule has 1 unspecified atom stereocenters. The van der Waals surface area contributed by atoms with Crippen molar-refractivity contribution in [2.24, 2.45) is 0 Å². The fourth-order valence-electron chi connectivity index (χ4n) is 4.46. The van der Waals surface area contributed by atoms with Crippen molar-refractivity contribution in [2.45, 2.75) is 37.1 Å². The molecule has 35 heavy (non-hydrogen) atoms. The van der Waals surface area contributed by atoms with Crippen LogP contribution in [0.5, 0.6) is 0 Å². The summed E-state index contributed by atoms with van der Waals surface area (Å²) in [4.78, 5) is 42.9. The number of alkyl halides is 2. The van der Waals surface area contributed by atoms with Crippen molar-refractivity contribution >= 4 is 35.3 Å². The quantitative estimate of drug-likeness (QED) is 0.548. The highest BCUT2D eigenvalue weighted by molar-refractivity contribution is 7.99. The van der Waals surface area contributed by atoms with Crippen LogP contribution in [0.4, 0.5) is 24.1 Å². The number of benzene rings is 2. The van der Waals surface area contributed by atoms with Crippen LogP contribution in [0.3, 0.4) is 0 Å². The number of imide groups is 1. The predicted molar refractivity (Wildman–Crippen MR) is 127 cm³/mol. The number of nitriles is 1. The molecule has 180 valence electrons. The number of Topliss-reactive ketones (excluding diaryl/α,β-unsaturated/α-hetero) is 1. The molecule has 0 spiro atoms. The average molecular weight is 497 g/mol. The van der Waals surface area contributed by atoms with Crippen LogP contribution in [-0.2, 0) is 4.79 Å². The van der Waals surface area contributed by atoms with Gasteiger partial charge in [0.2, 0.25) is 0 Å². The van der Waals surface area contributed by atoms with Crippen LogP contribution in [0.15, 0.2) is 58.6 Å². The normalized spacial score (nSPS) is 17.7. The third-order valence-corrected chi connectivity index (χ3v) is 6.90. The fourth-order valence-corrected chi connectivity index (χ4v) is 5.33. The Morgan fingerprint density at radius 1 is 1.23 bits per heavy atom.